The number of nitrogen functional groups attached to an aromatic ring is 1. The zero-order valence-electron chi connectivity index (χ0n) is 11.6. The minimum absolute atomic E-state index is 0.328. The van der Waals surface area contributed by atoms with Crippen molar-refractivity contribution in [3.05, 3.63) is 42.2 Å². The standard InChI is InChI=1S/C15H17N3O2/c1-4-10-6-7-12(13(8-10)19-3)20-15-11(5-2)14(16)17-9-18-15/h5-9H,2,4H2,1,3H3,(H2,16,17,18). The van der Waals surface area contributed by atoms with Gasteiger partial charge in [0.05, 0.1) is 12.7 Å². The highest BCUT2D eigenvalue weighted by molar-refractivity contribution is 5.64. The number of aryl methyl sites for hydroxylation is 1. The van der Waals surface area contributed by atoms with Gasteiger partial charge in [-0.3, -0.25) is 0 Å². The smallest absolute Gasteiger partial charge is 0.231 e. The topological polar surface area (TPSA) is 70.3 Å². The van der Waals surface area contributed by atoms with Crippen LogP contribution in [0.5, 0.6) is 17.4 Å². The maximum absolute atomic E-state index is 5.78. The number of nitrogens with two attached hydrogens (primary N) is 1. The maximum atomic E-state index is 5.78. The first-order valence-corrected chi connectivity index (χ1v) is 6.27. The lowest BCUT2D eigenvalue weighted by Gasteiger charge is -2.12. The molecule has 1 heterocycles. The number of hydrogen-bond acceptors (Lipinski definition) is 5. The first-order valence-electron chi connectivity index (χ1n) is 6.27. The van der Waals surface area contributed by atoms with Gasteiger partial charge in [0.1, 0.15) is 12.1 Å². The fraction of sp³-hybridized carbons (Fsp3) is 0.200. The number of hydrogen-bond donors (Lipinski definition) is 1. The second-order valence-electron chi connectivity index (χ2n) is 4.12. The third-order valence-corrected chi connectivity index (χ3v) is 2.93. The number of benzene rings is 1. The second-order valence-corrected chi connectivity index (χ2v) is 4.12. The predicted molar refractivity (Wildman–Crippen MR) is 79.0 cm³/mol. The van der Waals surface area contributed by atoms with Gasteiger partial charge >= 0.3 is 0 Å². The fourth-order valence-corrected chi connectivity index (χ4v) is 1.79. The fourth-order valence-electron chi connectivity index (χ4n) is 1.79. The van der Waals surface area contributed by atoms with E-state index in [0.717, 1.165) is 6.42 Å². The molecule has 104 valence electrons. The highest BCUT2D eigenvalue weighted by Crippen LogP contribution is 2.34. The lowest BCUT2D eigenvalue weighted by atomic mass is 10.1. The van der Waals surface area contributed by atoms with Gasteiger partial charge in [-0.2, -0.15) is 0 Å². The Hall–Kier alpha value is -2.56. The summed E-state index contributed by atoms with van der Waals surface area (Å²) in [6, 6.07) is 5.77. The van der Waals surface area contributed by atoms with Crippen LogP contribution >= 0.6 is 0 Å². The molecule has 1 aromatic heterocycles. The molecule has 2 aromatic rings. The van der Waals surface area contributed by atoms with Crippen molar-refractivity contribution in [2.75, 3.05) is 12.8 Å². The Kier molecular flexibility index (Phi) is 4.20. The highest BCUT2D eigenvalue weighted by Gasteiger charge is 2.12. The van der Waals surface area contributed by atoms with Crippen molar-refractivity contribution in [1.82, 2.24) is 9.97 Å². The van der Waals surface area contributed by atoms with E-state index in [1.807, 2.05) is 18.2 Å². The number of nitrogens with zero attached hydrogens (tertiary/aromatic N) is 2. The molecule has 0 aliphatic rings. The van der Waals surface area contributed by atoms with Crippen LogP contribution in [0.4, 0.5) is 5.82 Å². The van der Waals surface area contributed by atoms with Crippen LogP contribution in [0.1, 0.15) is 18.1 Å². The summed E-state index contributed by atoms with van der Waals surface area (Å²) >= 11 is 0. The van der Waals surface area contributed by atoms with Crippen molar-refractivity contribution in [1.29, 1.82) is 0 Å². The third-order valence-electron chi connectivity index (χ3n) is 2.93. The number of methoxy groups -OCH3 is 1. The van der Waals surface area contributed by atoms with Gasteiger partial charge in [0.2, 0.25) is 5.88 Å². The molecule has 0 atom stereocenters. The van der Waals surface area contributed by atoms with Crippen molar-refractivity contribution in [2.24, 2.45) is 0 Å². The van der Waals surface area contributed by atoms with Crippen LogP contribution < -0.4 is 15.2 Å². The zero-order valence-corrected chi connectivity index (χ0v) is 11.6. The number of anilines is 1. The Morgan fingerprint density at radius 2 is 2.10 bits per heavy atom. The summed E-state index contributed by atoms with van der Waals surface area (Å²) in [4.78, 5) is 7.99. The molecular formula is C15H17N3O2. The quantitative estimate of drug-likeness (QED) is 0.905. The van der Waals surface area contributed by atoms with Crippen molar-refractivity contribution in [3.63, 3.8) is 0 Å². The molecule has 2 rings (SSSR count). The Morgan fingerprint density at radius 1 is 1.30 bits per heavy atom. The SMILES string of the molecule is C=Cc1c(N)ncnc1Oc1ccc(CC)cc1OC. The summed E-state index contributed by atoms with van der Waals surface area (Å²) in [5.74, 6) is 1.91. The van der Waals surface area contributed by atoms with E-state index in [-0.39, 0.29) is 0 Å². The molecule has 0 saturated carbocycles. The number of ether oxygens (including phenoxy) is 2. The molecular weight excluding hydrogens is 254 g/mol. The number of rotatable bonds is 5. The van der Waals surface area contributed by atoms with Gasteiger partial charge in [0.25, 0.3) is 0 Å². The summed E-state index contributed by atoms with van der Waals surface area (Å²) in [6.07, 6.45) is 3.84. The zero-order chi connectivity index (χ0) is 14.5. The minimum Gasteiger partial charge on any atom is -0.493 e. The number of aromatic nitrogens is 2. The van der Waals surface area contributed by atoms with Gasteiger partial charge in [-0.1, -0.05) is 25.6 Å². The second kappa shape index (κ2) is 6.06. The van der Waals surface area contributed by atoms with Gasteiger partial charge < -0.3 is 15.2 Å². The van der Waals surface area contributed by atoms with Crippen LogP contribution in [0, 0.1) is 0 Å². The van der Waals surface area contributed by atoms with Gasteiger partial charge in [0.15, 0.2) is 11.5 Å². The average Bonchev–Trinajstić information content (AvgIpc) is 2.48. The molecule has 20 heavy (non-hydrogen) atoms. The van der Waals surface area contributed by atoms with E-state index in [9.17, 15) is 0 Å². The molecule has 0 aliphatic heterocycles. The van der Waals surface area contributed by atoms with E-state index < -0.39 is 0 Å². The predicted octanol–water partition coefficient (Wildman–Crippen LogP) is 3.07. The molecule has 0 amide bonds. The van der Waals surface area contributed by atoms with Gasteiger partial charge in [-0.15, -0.1) is 0 Å². The van der Waals surface area contributed by atoms with Gasteiger partial charge in [-0.05, 0) is 24.1 Å². The normalized spacial score (nSPS) is 10.1. The van der Waals surface area contributed by atoms with E-state index in [2.05, 4.69) is 23.5 Å². The van der Waals surface area contributed by atoms with Crippen LogP contribution in [0.2, 0.25) is 0 Å². The van der Waals surface area contributed by atoms with Crippen LogP contribution in [0.3, 0.4) is 0 Å². The van der Waals surface area contributed by atoms with Crippen molar-refractivity contribution >= 4 is 11.9 Å². The molecule has 2 N–H and O–H groups in total. The average molecular weight is 271 g/mol. The van der Waals surface area contributed by atoms with E-state index in [1.165, 1.54) is 11.9 Å². The first kappa shape index (κ1) is 13.9. The Labute approximate surface area is 118 Å². The molecule has 0 unspecified atom stereocenters. The molecule has 0 fully saturated rings. The first-order chi connectivity index (χ1) is 9.69. The molecule has 5 nitrogen and oxygen atoms in total. The van der Waals surface area contributed by atoms with Crippen molar-refractivity contribution in [3.8, 4) is 17.4 Å². The summed E-state index contributed by atoms with van der Waals surface area (Å²) < 4.78 is 11.1. The van der Waals surface area contributed by atoms with E-state index in [4.69, 9.17) is 15.2 Å². The van der Waals surface area contributed by atoms with Crippen LogP contribution in [-0.2, 0) is 6.42 Å². The lowest BCUT2D eigenvalue weighted by molar-refractivity contribution is 0.373. The van der Waals surface area contributed by atoms with Crippen LogP contribution in [0.25, 0.3) is 6.08 Å². The highest BCUT2D eigenvalue weighted by atomic mass is 16.5. The third kappa shape index (κ3) is 2.71. The monoisotopic (exact) mass is 271 g/mol. The van der Waals surface area contributed by atoms with E-state index >= 15 is 0 Å². The largest absolute Gasteiger partial charge is 0.493 e. The molecule has 0 aliphatic carbocycles. The van der Waals surface area contributed by atoms with Crippen molar-refractivity contribution < 1.29 is 9.47 Å². The molecule has 0 spiro atoms. The summed E-state index contributed by atoms with van der Waals surface area (Å²) in [5.41, 5.74) is 7.50. The molecule has 0 saturated heterocycles. The Balaban J connectivity index is 2.39. The lowest BCUT2D eigenvalue weighted by Crippen LogP contribution is -2.00. The Morgan fingerprint density at radius 3 is 2.75 bits per heavy atom. The molecule has 1 aromatic carbocycles. The summed E-state index contributed by atoms with van der Waals surface area (Å²) in [7, 11) is 1.60. The van der Waals surface area contributed by atoms with Crippen LogP contribution in [-0.4, -0.2) is 17.1 Å². The van der Waals surface area contributed by atoms with Crippen molar-refractivity contribution in [2.45, 2.75) is 13.3 Å². The molecule has 0 radical (unpaired) electrons. The van der Waals surface area contributed by atoms with Gasteiger partial charge in [-0.25, -0.2) is 9.97 Å². The van der Waals surface area contributed by atoms with Gasteiger partial charge in [0, 0.05) is 0 Å². The molecule has 5 heteroatoms. The van der Waals surface area contributed by atoms with E-state index in [0.29, 0.717) is 28.8 Å². The molecule has 0 bridgehead atoms. The Bertz CT molecular complexity index is 627. The summed E-state index contributed by atoms with van der Waals surface area (Å²) in [5, 5.41) is 0. The minimum atomic E-state index is 0.328. The maximum Gasteiger partial charge on any atom is 0.231 e. The van der Waals surface area contributed by atoms with Crippen LogP contribution in [0.15, 0.2) is 31.1 Å². The summed E-state index contributed by atoms with van der Waals surface area (Å²) in [6.45, 7) is 5.77. The van der Waals surface area contributed by atoms with E-state index in [1.54, 1.807) is 13.2 Å².